The maximum absolute atomic E-state index is 5.65. The van der Waals surface area contributed by atoms with Gasteiger partial charge >= 0.3 is 0 Å². The van der Waals surface area contributed by atoms with E-state index in [1.54, 1.807) is 14.2 Å². The van der Waals surface area contributed by atoms with E-state index in [0.29, 0.717) is 12.1 Å². The molecule has 0 fully saturated rings. The van der Waals surface area contributed by atoms with E-state index in [1.165, 1.54) is 33.4 Å². The lowest BCUT2D eigenvalue weighted by Crippen LogP contribution is -2.40. The van der Waals surface area contributed by atoms with Crippen molar-refractivity contribution < 1.29 is 14.2 Å². The summed E-state index contributed by atoms with van der Waals surface area (Å²) in [7, 11) is 5.67. The molecule has 0 aliphatic carbocycles. The highest BCUT2D eigenvalue weighted by molar-refractivity contribution is 5.53. The number of benzene rings is 2. The SMILES string of the molecule is COc1cc2c(cc1OC)C1Cc3cc4c(cc3C(C2)N1C)COC4. The molecular formula is C21H23NO3. The molecule has 0 N–H and O–H groups in total. The fourth-order valence-electron chi connectivity index (χ4n) is 4.79. The van der Waals surface area contributed by atoms with Crippen molar-refractivity contribution in [2.24, 2.45) is 0 Å². The van der Waals surface area contributed by atoms with E-state index < -0.39 is 0 Å². The van der Waals surface area contributed by atoms with Gasteiger partial charge in [0.1, 0.15) is 0 Å². The molecule has 0 aromatic heterocycles. The first kappa shape index (κ1) is 15.2. The molecule has 130 valence electrons. The molecule has 2 aromatic rings. The Bertz CT molecular complexity index is 861. The third kappa shape index (κ3) is 2.14. The van der Waals surface area contributed by atoms with Crippen molar-refractivity contribution in [2.75, 3.05) is 21.3 Å². The van der Waals surface area contributed by atoms with Crippen LogP contribution >= 0.6 is 0 Å². The van der Waals surface area contributed by atoms with Gasteiger partial charge in [0.05, 0.1) is 27.4 Å². The van der Waals surface area contributed by atoms with E-state index in [4.69, 9.17) is 14.2 Å². The highest BCUT2D eigenvalue weighted by Crippen LogP contribution is 2.49. The predicted molar refractivity (Wildman–Crippen MR) is 95.1 cm³/mol. The standard InChI is InChI=1S/C21H23NO3/c1-22-18-7-13-8-20(23-2)21(24-3)9-17(13)19(22)6-12-4-14-10-25-11-15(14)5-16(12)18/h4-5,8-9,18-19H,6-7,10-11H2,1-3H3. The molecule has 3 aliphatic heterocycles. The lowest BCUT2D eigenvalue weighted by molar-refractivity contribution is 0.134. The normalized spacial score (nSPS) is 23.6. The Labute approximate surface area is 148 Å². The van der Waals surface area contributed by atoms with Gasteiger partial charge in [-0.2, -0.15) is 0 Å². The number of fused-ring (bicyclic) bond motifs is 7. The van der Waals surface area contributed by atoms with E-state index in [0.717, 1.165) is 37.6 Å². The highest BCUT2D eigenvalue weighted by Gasteiger charge is 2.39. The molecule has 0 saturated heterocycles. The van der Waals surface area contributed by atoms with Crippen LogP contribution in [0.2, 0.25) is 0 Å². The van der Waals surface area contributed by atoms with Gasteiger partial charge < -0.3 is 14.2 Å². The molecular weight excluding hydrogens is 314 g/mol. The monoisotopic (exact) mass is 337 g/mol. The second-order valence-electron chi connectivity index (χ2n) is 7.32. The Morgan fingerprint density at radius 3 is 2.04 bits per heavy atom. The molecule has 2 atom stereocenters. The summed E-state index contributed by atoms with van der Waals surface area (Å²) in [5.41, 5.74) is 8.45. The summed E-state index contributed by atoms with van der Waals surface area (Å²) >= 11 is 0. The van der Waals surface area contributed by atoms with Crippen LogP contribution in [0.1, 0.15) is 45.5 Å². The van der Waals surface area contributed by atoms with Crippen LogP contribution in [0.25, 0.3) is 0 Å². The second-order valence-corrected chi connectivity index (χ2v) is 7.32. The summed E-state index contributed by atoms with van der Waals surface area (Å²) in [6, 6.07) is 9.93. The number of rotatable bonds is 2. The Hall–Kier alpha value is -2.04. The first-order chi connectivity index (χ1) is 12.2. The minimum absolute atomic E-state index is 0.390. The molecule has 2 bridgehead atoms. The van der Waals surface area contributed by atoms with Gasteiger partial charge in [-0.15, -0.1) is 0 Å². The Balaban J connectivity index is 1.64. The molecule has 3 aliphatic rings. The lowest BCUT2D eigenvalue weighted by Gasteiger charge is -2.46. The molecule has 2 aromatic carbocycles. The molecule has 3 heterocycles. The predicted octanol–water partition coefficient (Wildman–Crippen LogP) is 3.56. The molecule has 4 heteroatoms. The molecule has 4 nitrogen and oxygen atoms in total. The smallest absolute Gasteiger partial charge is 0.161 e. The summed E-state index contributed by atoms with van der Waals surface area (Å²) in [6.45, 7) is 1.51. The third-order valence-corrected chi connectivity index (χ3v) is 6.15. The molecule has 0 spiro atoms. The minimum atomic E-state index is 0.390. The fraction of sp³-hybridized carbons (Fsp3) is 0.429. The third-order valence-electron chi connectivity index (χ3n) is 6.15. The molecule has 2 unspecified atom stereocenters. The number of nitrogens with zero attached hydrogens (tertiary/aromatic N) is 1. The molecule has 5 rings (SSSR count). The van der Waals surface area contributed by atoms with Gasteiger partial charge in [0.25, 0.3) is 0 Å². The zero-order valence-electron chi connectivity index (χ0n) is 15.0. The summed E-state index contributed by atoms with van der Waals surface area (Å²) < 4.78 is 16.7. The van der Waals surface area contributed by atoms with Crippen LogP contribution in [0, 0.1) is 0 Å². The second kappa shape index (κ2) is 5.48. The Kier molecular flexibility index (Phi) is 3.34. The van der Waals surface area contributed by atoms with E-state index in [9.17, 15) is 0 Å². The van der Waals surface area contributed by atoms with Crippen molar-refractivity contribution in [1.29, 1.82) is 0 Å². The molecule has 0 amide bonds. The van der Waals surface area contributed by atoms with Gasteiger partial charge in [-0.05, 0) is 65.4 Å². The van der Waals surface area contributed by atoms with Gasteiger partial charge in [0, 0.05) is 12.1 Å². The summed E-state index contributed by atoms with van der Waals surface area (Å²) in [5.74, 6) is 1.65. The number of hydrogen-bond acceptors (Lipinski definition) is 4. The minimum Gasteiger partial charge on any atom is -0.493 e. The Morgan fingerprint density at radius 2 is 1.36 bits per heavy atom. The largest absolute Gasteiger partial charge is 0.493 e. The zero-order chi connectivity index (χ0) is 17.1. The number of methoxy groups -OCH3 is 2. The first-order valence-electron chi connectivity index (χ1n) is 8.88. The lowest BCUT2D eigenvalue weighted by atomic mass is 9.76. The van der Waals surface area contributed by atoms with Crippen molar-refractivity contribution in [2.45, 2.75) is 38.1 Å². The van der Waals surface area contributed by atoms with E-state index in [2.05, 4.69) is 36.2 Å². The van der Waals surface area contributed by atoms with Gasteiger partial charge in [0.15, 0.2) is 11.5 Å². The van der Waals surface area contributed by atoms with E-state index >= 15 is 0 Å². The van der Waals surface area contributed by atoms with Crippen LogP contribution in [-0.2, 0) is 30.8 Å². The van der Waals surface area contributed by atoms with Crippen LogP contribution in [0.5, 0.6) is 11.5 Å². The maximum Gasteiger partial charge on any atom is 0.161 e. The van der Waals surface area contributed by atoms with Gasteiger partial charge in [-0.25, -0.2) is 0 Å². The van der Waals surface area contributed by atoms with Crippen molar-refractivity contribution >= 4 is 0 Å². The van der Waals surface area contributed by atoms with Gasteiger partial charge in [-0.1, -0.05) is 12.1 Å². The zero-order valence-corrected chi connectivity index (χ0v) is 15.0. The number of ether oxygens (including phenoxy) is 3. The maximum atomic E-state index is 5.65. The first-order valence-corrected chi connectivity index (χ1v) is 8.88. The van der Waals surface area contributed by atoms with Crippen molar-refractivity contribution in [1.82, 2.24) is 4.90 Å². The highest BCUT2D eigenvalue weighted by atomic mass is 16.5. The van der Waals surface area contributed by atoms with Crippen LogP contribution in [0.4, 0.5) is 0 Å². The van der Waals surface area contributed by atoms with Crippen molar-refractivity contribution in [3.05, 3.63) is 57.6 Å². The average molecular weight is 337 g/mol. The van der Waals surface area contributed by atoms with Gasteiger partial charge in [0.2, 0.25) is 0 Å². The molecule has 25 heavy (non-hydrogen) atoms. The summed E-state index contributed by atoms with van der Waals surface area (Å²) in [5, 5.41) is 0. The van der Waals surface area contributed by atoms with Crippen molar-refractivity contribution in [3.8, 4) is 11.5 Å². The van der Waals surface area contributed by atoms with E-state index in [-0.39, 0.29) is 0 Å². The van der Waals surface area contributed by atoms with Crippen molar-refractivity contribution in [3.63, 3.8) is 0 Å². The van der Waals surface area contributed by atoms with E-state index in [1.807, 2.05) is 0 Å². The Morgan fingerprint density at radius 1 is 0.800 bits per heavy atom. The summed E-state index contributed by atoms with van der Waals surface area (Å²) in [4.78, 5) is 2.53. The molecule has 0 saturated carbocycles. The van der Waals surface area contributed by atoms with Crippen LogP contribution < -0.4 is 9.47 Å². The van der Waals surface area contributed by atoms with Gasteiger partial charge in [-0.3, -0.25) is 4.90 Å². The van der Waals surface area contributed by atoms with Crippen LogP contribution in [-0.4, -0.2) is 26.2 Å². The van der Waals surface area contributed by atoms with Crippen LogP contribution in [0.3, 0.4) is 0 Å². The van der Waals surface area contributed by atoms with Crippen LogP contribution in [0.15, 0.2) is 24.3 Å². The fourth-order valence-corrected chi connectivity index (χ4v) is 4.79. The summed E-state index contributed by atoms with van der Waals surface area (Å²) in [6.07, 6.45) is 2.05. The molecule has 0 radical (unpaired) electrons. The quantitative estimate of drug-likeness (QED) is 0.838. The topological polar surface area (TPSA) is 30.9 Å². The average Bonchev–Trinajstić information content (AvgIpc) is 3.08. The number of likely N-dealkylation sites (N-methyl/N-ethyl adjacent to an activating group) is 1. The number of hydrogen-bond donors (Lipinski definition) is 0.